The molecule has 7 nitrogen and oxygen atoms in total. The molecule has 152 valence electrons. The molecule has 0 unspecified atom stereocenters. The van der Waals surface area contributed by atoms with E-state index in [0.717, 1.165) is 25.7 Å². The summed E-state index contributed by atoms with van der Waals surface area (Å²) in [6, 6.07) is 4.74. The third-order valence-electron chi connectivity index (χ3n) is 6.53. The SMILES string of the molecule is CC(C)(C)OC(=O)N1C[C@@H]2C[C@@]3(C)[C@H](CCC[C@@H]13)N2C(=O)c1cccc(=O)[nH]1. The van der Waals surface area contributed by atoms with Crippen LogP contribution in [-0.2, 0) is 4.74 Å². The van der Waals surface area contributed by atoms with E-state index in [9.17, 15) is 14.4 Å². The Balaban J connectivity index is 1.67. The quantitative estimate of drug-likeness (QED) is 0.803. The van der Waals surface area contributed by atoms with Crippen molar-refractivity contribution in [3.8, 4) is 0 Å². The number of aromatic amines is 1. The van der Waals surface area contributed by atoms with Crippen LogP contribution in [-0.4, -0.2) is 57.1 Å². The molecule has 3 fully saturated rings. The van der Waals surface area contributed by atoms with Crippen LogP contribution < -0.4 is 5.56 Å². The average molecular weight is 387 g/mol. The molecule has 2 aliphatic heterocycles. The average Bonchev–Trinajstić information content (AvgIpc) is 2.89. The van der Waals surface area contributed by atoms with E-state index in [2.05, 4.69) is 11.9 Å². The van der Waals surface area contributed by atoms with Gasteiger partial charge in [0.1, 0.15) is 11.3 Å². The number of amides is 2. The molecule has 2 saturated heterocycles. The number of ether oxygens (including phenoxy) is 1. The van der Waals surface area contributed by atoms with E-state index >= 15 is 0 Å². The Morgan fingerprint density at radius 1 is 1.21 bits per heavy atom. The van der Waals surface area contributed by atoms with E-state index in [1.807, 2.05) is 30.6 Å². The van der Waals surface area contributed by atoms with Gasteiger partial charge in [-0.25, -0.2) is 4.79 Å². The van der Waals surface area contributed by atoms with Gasteiger partial charge < -0.3 is 19.5 Å². The Bertz CT molecular complexity index is 858. The zero-order valence-corrected chi connectivity index (χ0v) is 17.0. The van der Waals surface area contributed by atoms with Gasteiger partial charge in [-0.15, -0.1) is 0 Å². The van der Waals surface area contributed by atoms with Crippen LogP contribution in [0.15, 0.2) is 23.0 Å². The van der Waals surface area contributed by atoms with Gasteiger partial charge in [-0.3, -0.25) is 9.59 Å². The Morgan fingerprint density at radius 3 is 2.61 bits per heavy atom. The lowest BCUT2D eigenvalue weighted by atomic mass is 9.66. The maximum atomic E-state index is 13.3. The molecule has 1 N–H and O–H groups in total. The number of carbonyl (C=O) groups excluding carboxylic acids is 2. The number of nitrogens with one attached hydrogen (secondary N) is 1. The number of H-pyrrole nitrogens is 1. The van der Waals surface area contributed by atoms with Crippen molar-refractivity contribution in [2.45, 2.75) is 77.1 Å². The predicted octanol–water partition coefficient (Wildman–Crippen LogP) is 2.77. The molecule has 0 spiro atoms. The second-order valence-corrected chi connectivity index (χ2v) is 9.60. The molecule has 3 aliphatic rings. The van der Waals surface area contributed by atoms with Gasteiger partial charge in [-0.1, -0.05) is 13.0 Å². The third-order valence-corrected chi connectivity index (χ3v) is 6.53. The standard InChI is InChI=1S/C21H29N3O4/c1-20(2,3)28-19(27)23-12-13-11-21(4)15(23)8-6-9-16(21)24(13)18(26)14-7-5-10-17(25)22-14/h5,7,10,13,15-16H,6,8-9,11-12H2,1-4H3,(H,22,25)/t13-,15+,16-,21+/m0/s1. The highest BCUT2D eigenvalue weighted by molar-refractivity contribution is 5.93. The van der Waals surface area contributed by atoms with Crippen molar-refractivity contribution in [1.82, 2.24) is 14.8 Å². The molecule has 2 amide bonds. The number of pyridine rings is 1. The highest BCUT2D eigenvalue weighted by Crippen LogP contribution is 2.54. The molecule has 1 saturated carbocycles. The Labute approximate surface area is 165 Å². The molecule has 7 heteroatoms. The minimum atomic E-state index is -0.554. The minimum Gasteiger partial charge on any atom is -0.444 e. The van der Waals surface area contributed by atoms with Crippen molar-refractivity contribution >= 4 is 12.0 Å². The smallest absolute Gasteiger partial charge is 0.410 e. The first-order valence-corrected chi connectivity index (χ1v) is 10.1. The third kappa shape index (κ3) is 3.01. The van der Waals surface area contributed by atoms with Crippen molar-refractivity contribution < 1.29 is 14.3 Å². The molecule has 2 bridgehead atoms. The zero-order valence-electron chi connectivity index (χ0n) is 17.0. The maximum absolute atomic E-state index is 13.3. The molecule has 0 radical (unpaired) electrons. The number of fused-ring (bicyclic) bond motifs is 1. The lowest BCUT2D eigenvalue weighted by Crippen LogP contribution is -2.58. The Kier molecular flexibility index (Phi) is 4.32. The number of carbonyl (C=O) groups is 2. The van der Waals surface area contributed by atoms with E-state index in [1.54, 1.807) is 12.1 Å². The largest absolute Gasteiger partial charge is 0.444 e. The molecule has 3 heterocycles. The Hall–Kier alpha value is -2.31. The summed E-state index contributed by atoms with van der Waals surface area (Å²) in [6.45, 7) is 8.30. The number of hydrogen-bond acceptors (Lipinski definition) is 4. The molecule has 28 heavy (non-hydrogen) atoms. The van der Waals surface area contributed by atoms with Crippen molar-refractivity contribution in [2.24, 2.45) is 5.41 Å². The summed E-state index contributed by atoms with van der Waals surface area (Å²) in [5.74, 6) is -0.150. The fourth-order valence-electron chi connectivity index (χ4n) is 5.54. The molecule has 1 aromatic rings. The highest BCUT2D eigenvalue weighted by atomic mass is 16.6. The maximum Gasteiger partial charge on any atom is 0.410 e. The van der Waals surface area contributed by atoms with Gasteiger partial charge in [0.25, 0.3) is 5.91 Å². The van der Waals surface area contributed by atoms with Crippen molar-refractivity contribution in [1.29, 1.82) is 0 Å². The molecular formula is C21H29N3O4. The first-order chi connectivity index (χ1) is 13.1. The summed E-state index contributed by atoms with van der Waals surface area (Å²) in [5, 5.41) is 0. The van der Waals surface area contributed by atoms with Crippen LogP contribution >= 0.6 is 0 Å². The molecule has 4 rings (SSSR count). The summed E-state index contributed by atoms with van der Waals surface area (Å²) in [6.07, 6.45) is 3.41. The normalized spacial score (nSPS) is 31.6. The van der Waals surface area contributed by atoms with Crippen LogP contribution in [0.3, 0.4) is 0 Å². The molecule has 4 atom stereocenters. The molecular weight excluding hydrogens is 358 g/mol. The summed E-state index contributed by atoms with van der Waals surface area (Å²) in [4.78, 5) is 44.4. The van der Waals surface area contributed by atoms with E-state index < -0.39 is 5.60 Å². The van der Waals surface area contributed by atoms with E-state index in [-0.39, 0.29) is 41.1 Å². The Morgan fingerprint density at radius 2 is 1.93 bits per heavy atom. The van der Waals surface area contributed by atoms with Crippen LogP contribution in [0, 0.1) is 5.41 Å². The second kappa shape index (κ2) is 6.36. The zero-order chi connectivity index (χ0) is 20.3. The number of piperidine rings is 1. The highest BCUT2D eigenvalue weighted by Gasteiger charge is 2.62. The van der Waals surface area contributed by atoms with Gasteiger partial charge in [0.2, 0.25) is 5.56 Å². The van der Waals surface area contributed by atoms with E-state index in [4.69, 9.17) is 4.74 Å². The van der Waals surface area contributed by atoms with Crippen molar-refractivity contribution in [2.75, 3.05) is 6.54 Å². The van der Waals surface area contributed by atoms with Gasteiger partial charge in [0.05, 0.1) is 6.04 Å². The number of nitrogens with zero attached hydrogens (tertiary/aromatic N) is 2. The second-order valence-electron chi connectivity index (χ2n) is 9.60. The van der Waals surface area contributed by atoms with Crippen LogP contribution in [0.1, 0.15) is 63.9 Å². The molecule has 0 aromatic carbocycles. The summed E-state index contributed by atoms with van der Waals surface area (Å²) >= 11 is 0. The monoisotopic (exact) mass is 387 g/mol. The first-order valence-electron chi connectivity index (χ1n) is 10.1. The van der Waals surface area contributed by atoms with Gasteiger partial charge in [-0.2, -0.15) is 0 Å². The van der Waals surface area contributed by atoms with Crippen molar-refractivity contribution in [3.05, 3.63) is 34.2 Å². The predicted molar refractivity (Wildman–Crippen MR) is 104 cm³/mol. The molecule has 1 aromatic heterocycles. The van der Waals surface area contributed by atoms with Gasteiger partial charge in [0, 0.05) is 30.1 Å². The lowest BCUT2D eigenvalue weighted by Gasteiger charge is -2.49. The lowest BCUT2D eigenvalue weighted by molar-refractivity contribution is -0.0247. The fourth-order valence-corrected chi connectivity index (χ4v) is 5.54. The van der Waals surface area contributed by atoms with Crippen LogP contribution in [0.2, 0.25) is 0 Å². The number of likely N-dealkylation sites (tertiary alicyclic amines) is 2. The van der Waals surface area contributed by atoms with E-state index in [0.29, 0.717) is 12.2 Å². The van der Waals surface area contributed by atoms with Crippen LogP contribution in [0.4, 0.5) is 4.79 Å². The van der Waals surface area contributed by atoms with Crippen LogP contribution in [0.25, 0.3) is 0 Å². The van der Waals surface area contributed by atoms with Gasteiger partial charge >= 0.3 is 6.09 Å². The summed E-state index contributed by atoms with van der Waals surface area (Å²) in [5.41, 5.74) is -0.671. The summed E-state index contributed by atoms with van der Waals surface area (Å²) in [7, 11) is 0. The molecule has 1 aliphatic carbocycles. The minimum absolute atomic E-state index is 0.0620. The fraction of sp³-hybridized carbons (Fsp3) is 0.667. The summed E-state index contributed by atoms with van der Waals surface area (Å²) < 4.78 is 5.67. The van der Waals surface area contributed by atoms with Crippen LogP contribution in [0.5, 0.6) is 0 Å². The number of aromatic nitrogens is 1. The van der Waals surface area contributed by atoms with E-state index in [1.165, 1.54) is 6.07 Å². The van der Waals surface area contributed by atoms with Gasteiger partial charge in [0.15, 0.2) is 0 Å². The number of rotatable bonds is 1. The van der Waals surface area contributed by atoms with Crippen molar-refractivity contribution in [3.63, 3.8) is 0 Å². The number of hydrogen-bond donors (Lipinski definition) is 1. The first kappa shape index (κ1) is 19.0. The topological polar surface area (TPSA) is 82.7 Å². The van der Waals surface area contributed by atoms with Gasteiger partial charge in [-0.05, 0) is 52.5 Å².